The van der Waals surface area contributed by atoms with Crippen LogP contribution in [0, 0.1) is 0 Å². The van der Waals surface area contributed by atoms with Gasteiger partial charge >= 0.3 is 0 Å². The second-order valence-electron chi connectivity index (χ2n) is 5.07. The van der Waals surface area contributed by atoms with Gasteiger partial charge in [0.25, 0.3) is 0 Å². The summed E-state index contributed by atoms with van der Waals surface area (Å²) in [5.74, 6) is 0.314. The molecule has 4 N–H and O–H groups in total. The third kappa shape index (κ3) is 4.87. The van der Waals surface area contributed by atoms with E-state index in [1.54, 1.807) is 0 Å². The lowest BCUT2D eigenvalue weighted by molar-refractivity contribution is -0.119. The smallest absolute Gasteiger partial charge is 0.234 e. The van der Waals surface area contributed by atoms with Gasteiger partial charge in [0.05, 0.1) is 6.04 Å². The SMILES string of the molecule is CC(C)(C)Oc1ccc(C[C@H](N)C(N)=O)cc1. The summed E-state index contributed by atoms with van der Waals surface area (Å²) in [6.45, 7) is 5.97. The van der Waals surface area contributed by atoms with Crippen molar-refractivity contribution in [3.05, 3.63) is 29.8 Å². The van der Waals surface area contributed by atoms with Crippen molar-refractivity contribution in [2.45, 2.75) is 38.8 Å². The number of amides is 1. The molecule has 0 aliphatic rings. The maximum absolute atomic E-state index is 10.8. The van der Waals surface area contributed by atoms with Crippen molar-refractivity contribution in [3.8, 4) is 5.75 Å². The van der Waals surface area contributed by atoms with E-state index in [0.29, 0.717) is 6.42 Å². The van der Waals surface area contributed by atoms with E-state index in [1.165, 1.54) is 0 Å². The van der Waals surface area contributed by atoms with Crippen molar-refractivity contribution >= 4 is 5.91 Å². The first-order valence-corrected chi connectivity index (χ1v) is 5.61. The predicted molar refractivity (Wildman–Crippen MR) is 67.7 cm³/mol. The van der Waals surface area contributed by atoms with Gasteiger partial charge in [0.15, 0.2) is 0 Å². The van der Waals surface area contributed by atoms with Crippen LogP contribution in [0.3, 0.4) is 0 Å². The zero-order valence-corrected chi connectivity index (χ0v) is 10.6. The van der Waals surface area contributed by atoms with Gasteiger partial charge in [-0.15, -0.1) is 0 Å². The minimum absolute atomic E-state index is 0.217. The minimum atomic E-state index is -0.635. The molecule has 0 radical (unpaired) electrons. The van der Waals surface area contributed by atoms with E-state index in [9.17, 15) is 4.79 Å². The summed E-state index contributed by atoms with van der Waals surface area (Å²) in [6, 6.07) is 6.89. The summed E-state index contributed by atoms with van der Waals surface area (Å²) in [6.07, 6.45) is 0.450. The molecule has 1 amide bonds. The first-order valence-electron chi connectivity index (χ1n) is 5.61. The summed E-state index contributed by atoms with van der Waals surface area (Å²) in [5.41, 5.74) is 11.4. The number of benzene rings is 1. The van der Waals surface area contributed by atoms with E-state index in [0.717, 1.165) is 11.3 Å². The second-order valence-corrected chi connectivity index (χ2v) is 5.07. The van der Waals surface area contributed by atoms with Crippen LogP contribution in [0.25, 0.3) is 0 Å². The summed E-state index contributed by atoms with van der Waals surface area (Å²) in [4.78, 5) is 10.8. The van der Waals surface area contributed by atoms with Crippen LogP contribution in [0.4, 0.5) is 0 Å². The van der Waals surface area contributed by atoms with Crippen molar-refractivity contribution in [2.24, 2.45) is 11.5 Å². The molecule has 94 valence electrons. The molecule has 0 spiro atoms. The highest BCUT2D eigenvalue weighted by atomic mass is 16.5. The van der Waals surface area contributed by atoms with E-state index < -0.39 is 11.9 Å². The fourth-order valence-corrected chi connectivity index (χ4v) is 1.40. The molecular formula is C13H20N2O2. The van der Waals surface area contributed by atoms with Crippen LogP contribution in [-0.2, 0) is 11.2 Å². The molecule has 0 saturated carbocycles. The lowest BCUT2D eigenvalue weighted by atomic mass is 10.1. The van der Waals surface area contributed by atoms with Gasteiger partial charge in [-0.05, 0) is 44.9 Å². The molecule has 0 unspecified atom stereocenters. The van der Waals surface area contributed by atoms with Gasteiger partial charge in [0, 0.05) is 0 Å². The zero-order valence-electron chi connectivity index (χ0n) is 10.6. The number of ether oxygens (including phenoxy) is 1. The van der Waals surface area contributed by atoms with Crippen LogP contribution >= 0.6 is 0 Å². The Labute approximate surface area is 102 Å². The average Bonchev–Trinajstić information content (AvgIpc) is 2.18. The largest absolute Gasteiger partial charge is 0.488 e. The number of carbonyl (C=O) groups is 1. The quantitative estimate of drug-likeness (QED) is 0.825. The molecule has 0 aliphatic heterocycles. The van der Waals surface area contributed by atoms with Crippen LogP contribution in [-0.4, -0.2) is 17.6 Å². The monoisotopic (exact) mass is 236 g/mol. The molecule has 0 fully saturated rings. The number of hydrogen-bond acceptors (Lipinski definition) is 3. The first-order chi connectivity index (χ1) is 7.78. The summed E-state index contributed by atoms with van der Waals surface area (Å²) in [7, 11) is 0. The van der Waals surface area contributed by atoms with Crippen LogP contribution < -0.4 is 16.2 Å². The van der Waals surface area contributed by atoms with Crippen LogP contribution in [0.5, 0.6) is 5.75 Å². The Kier molecular flexibility index (Phi) is 4.12. The molecule has 0 saturated heterocycles. The second kappa shape index (κ2) is 5.19. The van der Waals surface area contributed by atoms with Crippen LogP contribution in [0.15, 0.2) is 24.3 Å². The van der Waals surface area contributed by atoms with Crippen LogP contribution in [0.2, 0.25) is 0 Å². The topological polar surface area (TPSA) is 78.3 Å². The molecule has 0 heterocycles. The van der Waals surface area contributed by atoms with Crippen molar-refractivity contribution < 1.29 is 9.53 Å². The first kappa shape index (κ1) is 13.5. The van der Waals surface area contributed by atoms with Crippen molar-refractivity contribution in [3.63, 3.8) is 0 Å². The highest BCUT2D eigenvalue weighted by Crippen LogP contribution is 2.18. The summed E-state index contributed by atoms with van der Waals surface area (Å²) in [5, 5.41) is 0. The Morgan fingerprint density at radius 3 is 2.24 bits per heavy atom. The number of rotatable bonds is 4. The fraction of sp³-hybridized carbons (Fsp3) is 0.462. The number of primary amides is 1. The lowest BCUT2D eigenvalue weighted by Crippen LogP contribution is -2.38. The van der Waals surface area contributed by atoms with E-state index in [2.05, 4.69) is 0 Å². The van der Waals surface area contributed by atoms with Crippen molar-refractivity contribution in [2.75, 3.05) is 0 Å². The summed E-state index contributed by atoms with van der Waals surface area (Å²) >= 11 is 0. The predicted octanol–water partition coefficient (Wildman–Crippen LogP) is 1.22. The third-order valence-corrected chi connectivity index (χ3v) is 2.17. The van der Waals surface area contributed by atoms with E-state index in [1.807, 2.05) is 45.0 Å². The van der Waals surface area contributed by atoms with Gasteiger partial charge in [-0.25, -0.2) is 0 Å². The molecular weight excluding hydrogens is 216 g/mol. The average molecular weight is 236 g/mol. The molecule has 17 heavy (non-hydrogen) atoms. The molecule has 4 heteroatoms. The number of hydrogen-bond donors (Lipinski definition) is 2. The van der Waals surface area contributed by atoms with Gasteiger partial charge in [-0.1, -0.05) is 12.1 Å². The number of carbonyl (C=O) groups excluding carboxylic acids is 1. The molecule has 0 aromatic heterocycles. The Bertz CT molecular complexity index is 379. The maximum Gasteiger partial charge on any atom is 0.234 e. The number of nitrogens with two attached hydrogens (primary N) is 2. The van der Waals surface area contributed by atoms with Crippen molar-refractivity contribution in [1.29, 1.82) is 0 Å². The fourth-order valence-electron chi connectivity index (χ4n) is 1.40. The van der Waals surface area contributed by atoms with E-state index >= 15 is 0 Å². The summed E-state index contributed by atoms with van der Waals surface area (Å²) < 4.78 is 5.69. The van der Waals surface area contributed by atoms with Gasteiger partial charge < -0.3 is 16.2 Å². The molecule has 0 bridgehead atoms. The Hall–Kier alpha value is -1.55. The standard InChI is InChI=1S/C13H20N2O2/c1-13(2,3)17-10-6-4-9(5-7-10)8-11(14)12(15)16/h4-7,11H,8,14H2,1-3H3,(H2,15,16)/t11-/m0/s1. The van der Waals surface area contributed by atoms with E-state index in [4.69, 9.17) is 16.2 Å². The van der Waals surface area contributed by atoms with Gasteiger partial charge in [-0.3, -0.25) is 4.79 Å². The molecule has 1 aromatic carbocycles. The van der Waals surface area contributed by atoms with Gasteiger partial charge in [-0.2, -0.15) is 0 Å². The van der Waals surface area contributed by atoms with E-state index in [-0.39, 0.29) is 5.60 Å². The maximum atomic E-state index is 10.8. The highest BCUT2D eigenvalue weighted by Gasteiger charge is 2.12. The third-order valence-electron chi connectivity index (χ3n) is 2.17. The lowest BCUT2D eigenvalue weighted by Gasteiger charge is -2.21. The minimum Gasteiger partial charge on any atom is -0.488 e. The van der Waals surface area contributed by atoms with Gasteiger partial charge in [0.2, 0.25) is 5.91 Å². The van der Waals surface area contributed by atoms with Gasteiger partial charge in [0.1, 0.15) is 11.4 Å². The Balaban J connectivity index is 2.65. The normalized spacial score (nSPS) is 13.2. The molecule has 0 aliphatic carbocycles. The Morgan fingerprint density at radius 2 is 1.82 bits per heavy atom. The van der Waals surface area contributed by atoms with Crippen molar-refractivity contribution in [1.82, 2.24) is 0 Å². The Morgan fingerprint density at radius 1 is 1.29 bits per heavy atom. The molecule has 1 rings (SSSR count). The molecule has 4 nitrogen and oxygen atoms in total. The zero-order chi connectivity index (χ0) is 13.1. The highest BCUT2D eigenvalue weighted by molar-refractivity contribution is 5.79. The molecule has 1 atom stereocenters. The molecule has 1 aromatic rings. The van der Waals surface area contributed by atoms with Crippen LogP contribution in [0.1, 0.15) is 26.3 Å².